The highest BCUT2D eigenvalue weighted by Gasteiger charge is 2.33. The Bertz CT molecular complexity index is 1860. The van der Waals surface area contributed by atoms with E-state index in [2.05, 4.69) is 27.8 Å². The summed E-state index contributed by atoms with van der Waals surface area (Å²) in [4.78, 5) is 25.9. The van der Waals surface area contributed by atoms with E-state index in [9.17, 15) is 31.2 Å². The molecule has 11 nitrogen and oxygen atoms in total. The number of hydrogen-bond donors (Lipinski definition) is 3. The van der Waals surface area contributed by atoms with Crippen LogP contribution in [0.3, 0.4) is 0 Å². The number of benzene rings is 2. The van der Waals surface area contributed by atoms with Crippen molar-refractivity contribution < 1.29 is 45.0 Å². The maximum atomic E-state index is 15.4. The number of aromatic nitrogens is 1. The number of sulfone groups is 1. The molecule has 2 amide bonds. The monoisotopic (exact) mass is 709 g/mol. The summed E-state index contributed by atoms with van der Waals surface area (Å²) in [5.74, 6) is 5.38. The lowest BCUT2D eigenvalue weighted by atomic mass is 10.0. The Balaban J connectivity index is 1.48. The van der Waals surface area contributed by atoms with Gasteiger partial charge in [0.25, 0.3) is 0 Å². The number of amides is 2. The number of nitrogens with one attached hydrogen (secondary N) is 3. The van der Waals surface area contributed by atoms with E-state index in [1.54, 1.807) is 32.9 Å². The third-order valence-corrected chi connectivity index (χ3v) is 8.60. The van der Waals surface area contributed by atoms with Crippen LogP contribution in [-0.2, 0) is 25.9 Å². The molecule has 1 aliphatic rings. The predicted molar refractivity (Wildman–Crippen MR) is 177 cm³/mol. The number of halogens is 4. The molecule has 1 aliphatic heterocycles. The van der Waals surface area contributed by atoms with E-state index in [1.165, 1.54) is 42.3 Å². The van der Waals surface area contributed by atoms with E-state index in [0.717, 1.165) is 10.8 Å². The molecule has 0 bridgehead atoms. The number of anilines is 2. The molecule has 2 heterocycles. The highest BCUT2D eigenvalue weighted by atomic mass is 32.2. The lowest BCUT2D eigenvalue weighted by Gasteiger charge is -2.35. The van der Waals surface area contributed by atoms with E-state index in [0.29, 0.717) is 16.8 Å². The number of carbonyl (C=O) groups is 2. The molecule has 1 saturated heterocycles. The molecule has 0 unspecified atom stereocenters. The normalized spacial score (nSPS) is 16.8. The van der Waals surface area contributed by atoms with Gasteiger partial charge in [0.1, 0.15) is 30.6 Å². The number of likely N-dealkylation sites (tertiary alicyclic amines) is 1. The van der Waals surface area contributed by atoms with Crippen LogP contribution in [0.15, 0.2) is 47.4 Å². The Kier molecular flexibility index (Phi) is 11.3. The minimum Gasteiger partial charge on any atom is -0.495 e. The number of methoxy groups -OCH3 is 1. The van der Waals surface area contributed by atoms with E-state index in [-0.39, 0.29) is 54.5 Å². The molecule has 3 N–H and O–H groups in total. The Labute approximate surface area is 282 Å². The zero-order chi connectivity index (χ0) is 36.1. The number of rotatable bonds is 9. The van der Waals surface area contributed by atoms with Gasteiger partial charge in [0.05, 0.1) is 48.0 Å². The van der Waals surface area contributed by atoms with Crippen molar-refractivity contribution in [2.24, 2.45) is 0 Å². The van der Waals surface area contributed by atoms with Crippen molar-refractivity contribution in [1.82, 2.24) is 14.8 Å². The van der Waals surface area contributed by atoms with Gasteiger partial charge in [-0.05, 0) is 63.4 Å². The molecular formula is C33H39F4N5O6S. The smallest absolute Gasteiger partial charge is 0.408 e. The van der Waals surface area contributed by atoms with Gasteiger partial charge in [0.2, 0.25) is 5.91 Å². The average molecular weight is 710 g/mol. The first kappa shape index (κ1) is 37.2. The summed E-state index contributed by atoms with van der Waals surface area (Å²) in [6, 6.07) is 9.77. The van der Waals surface area contributed by atoms with Crippen LogP contribution in [0.25, 0.3) is 10.9 Å². The van der Waals surface area contributed by atoms with E-state index < -0.39 is 52.4 Å². The molecule has 0 saturated carbocycles. The number of alkyl carbamates (subject to hydrolysis) is 1. The van der Waals surface area contributed by atoms with Crippen molar-refractivity contribution in [1.29, 1.82) is 0 Å². The first-order valence-corrected chi connectivity index (χ1v) is 17.2. The zero-order valence-electron chi connectivity index (χ0n) is 27.7. The zero-order valence-corrected chi connectivity index (χ0v) is 28.5. The number of nitrogens with zero attached hydrogens (tertiary/aromatic N) is 2. The fourth-order valence-corrected chi connectivity index (χ4v) is 5.89. The molecule has 0 spiro atoms. The maximum absolute atomic E-state index is 15.4. The quantitative estimate of drug-likeness (QED) is 0.210. The van der Waals surface area contributed by atoms with Crippen LogP contribution in [0.5, 0.6) is 5.75 Å². The molecule has 0 aliphatic carbocycles. The third kappa shape index (κ3) is 10.2. The molecule has 2 aromatic carbocycles. The summed E-state index contributed by atoms with van der Waals surface area (Å²) in [6.07, 6.45) is -5.53. The molecule has 266 valence electrons. The second-order valence-electron chi connectivity index (χ2n) is 12.5. The van der Waals surface area contributed by atoms with Crippen molar-refractivity contribution in [2.45, 2.75) is 62.6 Å². The first-order valence-electron chi connectivity index (χ1n) is 15.3. The molecule has 1 aromatic heterocycles. The highest BCUT2D eigenvalue weighted by Crippen LogP contribution is 2.32. The molecule has 1 fully saturated rings. The van der Waals surface area contributed by atoms with Crippen molar-refractivity contribution in [3.05, 3.63) is 48.2 Å². The van der Waals surface area contributed by atoms with Gasteiger partial charge in [-0.15, -0.1) is 0 Å². The van der Waals surface area contributed by atoms with E-state index >= 15 is 4.39 Å². The maximum Gasteiger partial charge on any atom is 0.408 e. The largest absolute Gasteiger partial charge is 0.495 e. The van der Waals surface area contributed by atoms with Crippen LogP contribution in [0.4, 0.5) is 33.7 Å². The SMILES string of the molecule is COc1cc(S(C)(=O)=O)ccc1NCC#Cc1cc2c(N[C@@H]3CCN(C(=O)CNC(=O)OC(C)(C)C)C[C@@H]3F)cccc2n1CC(F)(F)F. The van der Waals surface area contributed by atoms with Crippen molar-refractivity contribution in [3.63, 3.8) is 0 Å². The third-order valence-electron chi connectivity index (χ3n) is 7.49. The average Bonchev–Trinajstić information content (AvgIpc) is 3.34. The van der Waals surface area contributed by atoms with Crippen molar-refractivity contribution in [3.8, 4) is 17.6 Å². The summed E-state index contributed by atoms with van der Waals surface area (Å²) < 4.78 is 91.5. The minimum atomic E-state index is -4.56. The van der Waals surface area contributed by atoms with Crippen LogP contribution < -0.4 is 20.7 Å². The Morgan fingerprint density at radius 2 is 1.82 bits per heavy atom. The van der Waals surface area contributed by atoms with Crippen LogP contribution >= 0.6 is 0 Å². The molecule has 49 heavy (non-hydrogen) atoms. The van der Waals surface area contributed by atoms with Gasteiger partial charge >= 0.3 is 12.3 Å². The van der Waals surface area contributed by atoms with Gasteiger partial charge in [0, 0.05) is 29.9 Å². The first-order chi connectivity index (χ1) is 22.8. The van der Waals surface area contributed by atoms with Crippen molar-refractivity contribution in [2.75, 3.05) is 50.2 Å². The second-order valence-corrected chi connectivity index (χ2v) is 14.5. The van der Waals surface area contributed by atoms with Gasteiger partial charge < -0.3 is 34.9 Å². The van der Waals surface area contributed by atoms with Crippen LogP contribution in [0, 0.1) is 11.8 Å². The Hall–Kier alpha value is -4.65. The second kappa shape index (κ2) is 14.9. The summed E-state index contributed by atoms with van der Waals surface area (Å²) in [5, 5.41) is 8.88. The Morgan fingerprint density at radius 1 is 1.08 bits per heavy atom. The molecule has 16 heteroatoms. The summed E-state index contributed by atoms with van der Waals surface area (Å²) >= 11 is 0. The van der Waals surface area contributed by atoms with Gasteiger partial charge in [-0.25, -0.2) is 17.6 Å². The minimum absolute atomic E-state index is 0.00134. The van der Waals surface area contributed by atoms with Gasteiger partial charge in [0.15, 0.2) is 9.84 Å². The van der Waals surface area contributed by atoms with Crippen LogP contribution in [0.2, 0.25) is 0 Å². The van der Waals surface area contributed by atoms with E-state index in [1.807, 2.05) is 0 Å². The number of hydrogen-bond acceptors (Lipinski definition) is 8. The van der Waals surface area contributed by atoms with Crippen LogP contribution in [0.1, 0.15) is 32.9 Å². The lowest BCUT2D eigenvalue weighted by molar-refractivity contribution is -0.140. The lowest BCUT2D eigenvalue weighted by Crippen LogP contribution is -2.52. The predicted octanol–water partition coefficient (Wildman–Crippen LogP) is 4.95. The Morgan fingerprint density at radius 3 is 2.45 bits per heavy atom. The summed E-state index contributed by atoms with van der Waals surface area (Å²) in [5.41, 5.74) is 0.439. The van der Waals surface area contributed by atoms with E-state index in [4.69, 9.17) is 9.47 Å². The van der Waals surface area contributed by atoms with Gasteiger partial charge in [-0.3, -0.25) is 4.79 Å². The number of alkyl halides is 4. The number of ether oxygens (including phenoxy) is 2. The molecule has 0 radical (unpaired) electrons. The van der Waals surface area contributed by atoms with Crippen LogP contribution in [-0.4, -0.2) is 93.4 Å². The van der Waals surface area contributed by atoms with Crippen molar-refractivity contribution >= 4 is 44.1 Å². The fourth-order valence-electron chi connectivity index (χ4n) is 5.25. The summed E-state index contributed by atoms with van der Waals surface area (Å²) in [6.45, 7) is 3.36. The molecule has 3 aromatic rings. The fraction of sp³-hybridized carbons (Fsp3) is 0.455. The van der Waals surface area contributed by atoms with Gasteiger partial charge in [-0.2, -0.15) is 13.2 Å². The standard InChI is InChI=1S/C33H39F4N5O6S/c1-32(2,3)48-31(44)39-18-30(43)41-15-13-26(24(34)19-41)40-25-9-6-10-28-23(25)16-21(42(28)20-33(35,36)37)8-7-14-38-27-12-11-22(49(5,45)46)17-29(27)47-4/h6,9-12,16-17,24,26,38,40H,13-15,18-20H2,1-5H3,(H,39,44)/t24-,26+/m0/s1. The number of fused-ring (bicyclic) bond motifs is 1. The van der Waals surface area contributed by atoms with Gasteiger partial charge in [-0.1, -0.05) is 12.0 Å². The molecule has 4 rings (SSSR count). The number of carbonyl (C=O) groups excluding carboxylic acids is 2. The summed E-state index contributed by atoms with van der Waals surface area (Å²) in [7, 11) is -2.09. The topological polar surface area (TPSA) is 131 Å². The molecule has 2 atom stereocenters. The molecular weight excluding hydrogens is 670 g/mol. The number of piperidine rings is 1. The highest BCUT2D eigenvalue weighted by molar-refractivity contribution is 7.90.